The Hall–Kier alpha value is -4.53. The van der Waals surface area contributed by atoms with Gasteiger partial charge in [0.15, 0.2) is 4.90 Å². The first-order chi connectivity index (χ1) is 34.4. The van der Waals surface area contributed by atoms with E-state index in [2.05, 4.69) is 43.2 Å². The first kappa shape index (κ1) is 53.8. The molecular formula is C53H59ClF4N6O4S4. The van der Waals surface area contributed by atoms with Crippen LogP contribution in [0.15, 0.2) is 135 Å². The van der Waals surface area contributed by atoms with Gasteiger partial charge in [0.2, 0.25) is 0 Å². The van der Waals surface area contributed by atoms with Crippen LogP contribution >= 0.6 is 35.3 Å². The minimum absolute atomic E-state index is 0.0323. The number of benzene rings is 5. The second kappa shape index (κ2) is 23.3. The van der Waals surface area contributed by atoms with Crippen molar-refractivity contribution in [2.45, 2.75) is 83.3 Å². The zero-order valence-corrected chi connectivity index (χ0v) is 44.5. The van der Waals surface area contributed by atoms with Crippen LogP contribution in [0.1, 0.15) is 44.8 Å². The van der Waals surface area contributed by atoms with E-state index in [4.69, 9.17) is 11.6 Å². The summed E-state index contributed by atoms with van der Waals surface area (Å²) in [6.45, 7) is 10.6. The number of aliphatic hydroxyl groups is 1. The van der Waals surface area contributed by atoms with E-state index in [1.54, 1.807) is 12.3 Å². The highest BCUT2D eigenvalue weighted by molar-refractivity contribution is 8.00. The quantitative estimate of drug-likeness (QED) is 0.0331. The Morgan fingerprint density at radius 3 is 2.11 bits per heavy atom. The Bertz CT molecular complexity index is 2900. The van der Waals surface area contributed by atoms with Crippen LogP contribution in [-0.4, -0.2) is 103 Å². The molecule has 72 heavy (non-hydrogen) atoms. The summed E-state index contributed by atoms with van der Waals surface area (Å²) in [5.41, 5.74) is 0.666. The van der Waals surface area contributed by atoms with Crippen molar-refractivity contribution < 1.29 is 35.6 Å². The van der Waals surface area contributed by atoms with Gasteiger partial charge < -0.3 is 39.0 Å². The summed E-state index contributed by atoms with van der Waals surface area (Å²) in [5.74, 6) is 0.0843. The third kappa shape index (κ3) is 12.7. The Balaban J connectivity index is 0.944. The van der Waals surface area contributed by atoms with Crippen LogP contribution in [0.2, 0.25) is 5.02 Å². The van der Waals surface area contributed by atoms with Gasteiger partial charge in [0.25, 0.3) is 9.84 Å². The molecule has 3 heterocycles. The fourth-order valence-corrected chi connectivity index (χ4v) is 13.3. The molecule has 0 aliphatic carbocycles. The minimum Gasteiger partial charge on any atom is -0.612 e. The van der Waals surface area contributed by atoms with Crippen molar-refractivity contribution in [1.82, 2.24) is 9.47 Å². The summed E-state index contributed by atoms with van der Waals surface area (Å²) in [7, 11) is -5.74. The fourth-order valence-electron chi connectivity index (χ4n) is 9.47. The molecule has 0 saturated carbocycles. The normalized spacial score (nSPS) is 16.1. The SMILES string of the molecule is Cc1c([S+](C)[O-])c(-c2cc(F)cc(N3CCN(c4ccc(NSc5ccc(NC(CCN6CCC(O)CC6)CSc6ccccc6)c(S(=O)(=O)C(F)(F)F)c5)cc4)CC3)c2)c(-c2ccc(Cl)cc2)n1C(C)C. The molecule has 2 atom stereocenters. The monoisotopic (exact) mass is 1080 g/mol. The van der Waals surface area contributed by atoms with Crippen LogP contribution in [0.25, 0.3) is 22.4 Å². The predicted octanol–water partition coefficient (Wildman–Crippen LogP) is 12.4. The average molecular weight is 1080 g/mol. The van der Waals surface area contributed by atoms with Gasteiger partial charge in [-0.05, 0) is 159 Å². The standard InChI is InChI=1S/C53H59ClF4N6O4S4/c1-35(2)64-36(3)52(71(4)66)50(51(64)37-10-12-39(54)13-11-37)38-30-40(55)32-44(31-38)63-28-26-62(27-29-63)43-16-14-41(15-17-43)60-70-47-18-19-48(49(33-47)72(67,68)53(56,57)58)59-42(34-69-46-8-6-5-7-9-46)20-23-61-24-21-45(65)22-25-61/h5-19,30-33,35,42,45,59-60,65H,20-29,34H2,1-4H3. The molecule has 2 saturated heterocycles. The molecule has 5 aromatic carbocycles. The number of alkyl halides is 3. The number of hydrogen-bond donors (Lipinski definition) is 3. The predicted molar refractivity (Wildman–Crippen MR) is 289 cm³/mol. The van der Waals surface area contributed by atoms with E-state index in [0.29, 0.717) is 92.0 Å². The molecule has 2 unspecified atom stereocenters. The van der Waals surface area contributed by atoms with Crippen molar-refractivity contribution in [2.75, 3.05) is 77.7 Å². The molecule has 2 aliphatic heterocycles. The summed E-state index contributed by atoms with van der Waals surface area (Å²) in [4.78, 5) is 7.67. The molecule has 0 radical (unpaired) electrons. The highest BCUT2D eigenvalue weighted by Gasteiger charge is 2.48. The van der Waals surface area contributed by atoms with Gasteiger partial charge in [0.05, 0.1) is 28.7 Å². The van der Waals surface area contributed by atoms with E-state index in [9.17, 15) is 31.2 Å². The second-order valence-corrected chi connectivity index (χ2v) is 24.1. The van der Waals surface area contributed by atoms with Crippen LogP contribution in [0.3, 0.4) is 0 Å². The number of rotatable bonds is 18. The molecule has 19 heteroatoms. The maximum atomic E-state index is 15.7. The van der Waals surface area contributed by atoms with Crippen LogP contribution in [0, 0.1) is 12.7 Å². The zero-order chi connectivity index (χ0) is 51.3. The first-order valence-corrected chi connectivity index (χ1v) is 29.1. The number of anilines is 4. The summed E-state index contributed by atoms with van der Waals surface area (Å²) >= 11 is 7.45. The maximum absolute atomic E-state index is 15.7. The van der Waals surface area contributed by atoms with Crippen molar-refractivity contribution in [3.63, 3.8) is 0 Å². The molecule has 2 aliphatic rings. The Morgan fingerprint density at radius 1 is 0.833 bits per heavy atom. The van der Waals surface area contributed by atoms with Gasteiger partial charge in [-0.1, -0.05) is 41.9 Å². The molecule has 0 bridgehead atoms. The van der Waals surface area contributed by atoms with E-state index in [1.165, 1.54) is 30.0 Å². The molecule has 0 amide bonds. The summed E-state index contributed by atoms with van der Waals surface area (Å²) in [6, 6.07) is 33.5. The number of nitrogens with one attached hydrogen (secondary N) is 2. The number of piperidine rings is 1. The van der Waals surface area contributed by atoms with Crippen LogP contribution in [0.5, 0.6) is 0 Å². The highest BCUT2D eigenvalue weighted by Crippen LogP contribution is 2.45. The molecule has 2 fully saturated rings. The number of likely N-dealkylation sites (tertiary alicyclic amines) is 1. The molecule has 8 rings (SSSR count). The number of piperazine rings is 1. The van der Waals surface area contributed by atoms with Crippen LogP contribution in [0.4, 0.5) is 40.3 Å². The molecule has 384 valence electrons. The van der Waals surface area contributed by atoms with Gasteiger partial charge in [0, 0.05) is 95.5 Å². The number of nitrogens with zero attached hydrogens (tertiary/aromatic N) is 4. The number of thioether (sulfide) groups is 1. The van der Waals surface area contributed by atoms with Gasteiger partial charge in [-0.15, -0.1) is 11.8 Å². The van der Waals surface area contributed by atoms with Gasteiger partial charge in [-0.25, -0.2) is 12.8 Å². The lowest BCUT2D eigenvalue weighted by atomic mass is 9.99. The van der Waals surface area contributed by atoms with Crippen molar-refractivity contribution in [3.8, 4) is 22.4 Å². The Kier molecular flexibility index (Phi) is 17.4. The van der Waals surface area contributed by atoms with E-state index in [1.807, 2.05) is 91.9 Å². The zero-order valence-electron chi connectivity index (χ0n) is 40.5. The maximum Gasteiger partial charge on any atom is 0.501 e. The van der Waals surface area contributed by atoms with Gasteiger partial charge in [-0.2, -0.15) is 13.2 Å². The molecule has 6 aromatic rings. The number of aromatic nitrogens is 1. The Morgan fingerprint density at radius 2 is 1.49 bits per heavy atom. The topological polar surface area (TPSA) is 116 Å². The average Bonchev–Trinajstić information content (AvgIpc) is 3.68. The molecule has 1 aromatic heterocycles. The Labute approximate surface area is 436 Å². The summed E-state index contributed by atoms with van der Waals surface area (Å²) < 4.78 is 104. The molecular weight excluding hydrogens is 1020 g/mol. The number of halogens is 5. The number of aliphatic hydroxyl groups excluding tert-OH is 1. The third-order valence-electron chi connectivity index (χ3n) is 13.1. The van der Waals surface area contributed by atoms with Crippen molar-refractivity contribution in [1.29, 1.82) is 0 Å². The fraction of sp³-hybridized carbons (Fsp3) is 0.358. The number of hydrogen-bond acceptors (Lipinski definition) is 11. The lowest BCUT2D eigenvalue weighted by Gasteiger charge is -2.37. The van der Waals surface area contributed by atoms with Crippen molar-refractivity contribution in [2.24, 2.45) is 0 Å². The first-order valence-electron chi connectivity index (χ1n) is 23.8. The largest absolute Gasteiger partial charge is 0.612 e. The van der Waals surface area contributed by atoms with Gasteiger partial charge in [0.1, 0.15) is 17.0 Å². The van der Waals surface area contributed by atoms with Crippen molar-refractivity contribution in [3.05, 3.63) is 132 Å². The number of sulfone groups is 1. The van der Waals surface area contributed by atoms with E-state index < -0.39 is 37.2 Å². The van der Waals surface area contributed by atoms with Crippen LogP contribution < -0.4 is 19.8 Å². The summed E-state index contributed by atoms with van der Waals surface area (Å²) in [6.07, 6.45) is 3.16. The van der Waals surface area contributed by atoms with Crippen molar-refractivity contribution >= 4 is 79.1 Å². The molecule has 3 N–H and O–H groups in total. The van der Waals surface area contributed by atoms with E-state index in [-0.39, 0.29) is 28.8 Å². The lowest BCUT2D eigenvalue weighted by molar-refractivity contribution is -0.0435. The molecule has 10 nitrogen and oxygen atoms in total. The second-order valence-electron chi connectivity index (χ2n) is 18.4. The lowest BCUT2D eigenvalue weighted by Crippen LogP contribution is -2.46. The summed E-state index contributed by atoms with van der Waals surface area (Å²) in [5, 5.41) is 13.8. The minimum atomic E-state index is -5.74. The van der Waals surface area contributed by atoms with E-state index >= 15 is 4.39 Å². The van der Waals surface area contributed by atoms with E-state index in [0.717, 1.165) is 56.8 Å². The van der Waals surface area contributed by atoms with Crippen LogP contribution in [-0.2, 0) is 21.0 Å². The highest BCUT2D eigenvalue weighted by atomic mass is 35.5. The molecule has 0 spiro atoms. The van der Waals surface area contributed by atoms with Gasteiger partial charge >= 0.3 is 5.51 Å². The smallest absolute Gasteiger partial charge is 0.501 e. The van der Waals surface area contributed by atoms with Gasteiger partial charge in [-0.3, -0.25) is 0 Å². The third-order valence-corrected chi connectivity index (χ3v) is 18.0.